The molecule has 2 fully saturated rings. The highest BCUT2D eigenvalue weighted by Crippen LogP contribution is 2.50. The van der Waals surface area contributed by atoms with Gasteiger partial charge in [-0.2, -0.15) is 0 Å². The summed E-state index contributed by atoms with van der Waals surface area (Å²) in [5.41, 5.74) is 0.138. The molecule has 0 atom stereocenters. The molecule has 2 aliphatic carbocycles. The number of benzene rings is 1. The summed E-state index contributed by atoms with van der Waals surface area (Å²) >= 11 is 0. The second kappa shape index (κ2) is 4.44. The van der Waals surface area contributed by atoms with Gasteiger partial charge in [0.1, 0.15) is 0 Å². The van der Waals surface area contributed by atoms with Crippen molar-refractivity contribution >= 4 is 5.97 Å². The molecule has 0 amide bonds. The van der Waals surface area contributed by atoms with Gasteiger partial charge < -0.3 is 14.6 Å². The van der Waals surface area contributed by atoms with Crippen LogP contribution in [0.25, 0.3) is 0 Å². The van der Waals surface area contributed by atoms with Gasteiger partial charge in [-0.3, -0.25) is 4.79 Å². The predicted octanol–water partition coefficient (Wildman–Crippen LogP) is 2.74. The minimum absolute atomic E-state index is 0.254. The van der Waals surface area contributed by atoms with Gasteiger partial charge in [0.25, 0.3) is 0 Å². The highest BCUT2D eigenvalue weighted by Gasteiger charge is 2.52. The third-order valence-corrected chi connectivity index (χ3v) is 4.22. The van der Waals surface area contributed by atoms with Crippen LogP contribution >= 0.6 is 0 Å². The molecule has 0 radical (unpaired) electrons. The van der Waals surface area contributed by atoms with Gasteiger partial charge >= 0.3 is 5.97 Å². The number of hydrogen-bond acceptors (Lipinski definition) is 3. The van der Waals surface area contributed by atoms with E-state index in [9.17, 15) is 9.90 Å². The third-order valence-electron chi connectivity index (χ3n) is 4.22. The zero-order valence-corrected chi connectivity index (χ0v) is 11.0. The van der Waals surface area contributed by atoms with Gasteiger partial charge in [-0.05, 0) is 49.8 Å². The van der Waals surface area contributed by atoms with Crippen LogP contribution < -0.4 is 9.47 Å². The number of aliphatic carboxylic acids is 1. The Morgan fingerprint density at radius 1 is 1.32 bits per heavy atom. The van der Waals surface area contributed by atoms with Crippen molar-refractivity contribution in [3.05, 3.63) is 23.8 Å². The molecule has 102 valence electrons. The van der Waals surface area contributed by atoms with Gasteiger partial charge in [0.2, 0.25) is 0 Å². The lowest BCUT2D eigenvalue weighted by Gasteiger charge is -2.27. The highest BCUT2D eigenvalue weighted by atomic mass is 16.5. The Balaban J connectivity index is 1.90. The lowest BCUT2D eigenvalue weighted by atomic mass is 9.94. The van der Waals surface area contributed by atoms with Crippen LogP contribution in [0.1, 0.15) is 37.7 Å². The summed E-state index contributed by atoms with van der Waals surface area (Å²) in [5.74, 6) is 0.612. The van der Waals surface area contributed by atoms with Crippen molar-refractivity contribution in [3.63, 3.8) is 0 Å². The Labute approximate surface area is 112 Å². The molecule has 1 N–H and O–H groups in total. The number of methoxy groups -OCH3 is 1. The molecule has 3 rings (SSSR count). The minimum Gasteiger partial charge on any atom is -0.493 e. The Kier molecular flexibility index (Phi) is 2.88. The summed E-state index contributed by atoms with van der Waals surface area (Å²) in [6, 6.07) is 5.50. The van der Waals surface area contributed by atoms with E-state index in [0.717, 1.165) is 18.4 Å². The van der Waals surface area contributed by atoms with Gasteiger partial charge in [0.15, 0.2) is 11.5 Å². The number of carboxylic acid groups (broad SMARTS) is 1. The minimum atomic E-state index is -0.743. The van der Waals surface area contributed by atoms with E-state index in [-0.39, 0.29) is 6.10 Å². The average molecular weight is 262 g/mol. The molecule has 4 nitrogen and oxygen atoms in total. The zero-order valence-electron chi connectivity index (χ0n) is 11.0. The lowest BCUT2D eigenvalue weighted by molar-refractivity contribution is -0.140. The van der Waals surface area contributed by atoms with E-state index in [0.29, 0.717) is 24.3 Å². The molecule has 19 heavy (non-hydrogen) atoms. The van der Waals surface area contributed by atoms with Crippen molar-refractivity contribution in [1.29, 1.82) is 0 Å². The lowest BCUT2D eigenvalue weighted by Crippen LogP contribution is -2.25. The molecular formula is C15H18O4. The van der Waals surface area contributed by atoms with Crippen molar-refractivity contribution in [2.24, 2.45) is 0 Å². The first-order valence-corrected chi connectivity index (χ1v) is 6.74. The molecule has 2 saturated carbocycles. The molecule has 1 aromatic rings. The largest absolute Gasteiger partial charge is 0.493 e. The van der Waals surface area contributed by atoms with Crippen LogP contribution in [0.15, 0.2) is 18.2 Å². The predicted molar refractivity (Wildman–Crippen MR) is 69.8 cm³/mol. The van der Waals surface area contributed by atoms with E-state index >= 15 is 0 Å². The van der Waals surface area contributed by atoms with Crippen molar-refractivity contribution in [1.82, 2.24) is 0 Å². The standard InChI is InChI=1S/C15H18O4/c1-18-12-6-5-10(15(7-8-15)14(16)17)9-13(12)19-11-3-2-4-11/h5-6,9,11H,2-4,7-8H2,1H3,(H,16,17). The first-order chi connectivity index (χ1) is 9.15. The quantitative estimate of drug-likeness (QED) is 0.886. The molecule has 4 heteroatoms. The maximum Gasteiger partial charge on any atom is 0.314 e. The van der Waals surface area contributed by atoms with Crippen LogP contribution in [0.5, 0.6) is 11.5 Å². The van der Waals surface area contributed by atoms with Gasteiger partial charge in [-0.1, -0.05) is 6.07 Å². The van der Waals surface area contributed by atoms with Crippen LogP contribution in [-0.2, 0) is 10.2 Å². The Bertz CT molecular complexity index is 501. The Morgan fingerprint density at radius 2 is 2.05 bits per heavy atom. The topological polar surface area (TPSA) is 55.8 Å². The molecule has 0 spiro atoms. The fraction of sp³-hybridized carbons (Fsp3) is 0.533. The summed E-state index contributed by atoms with van der Waals surface area (Å²) in [7, 11) is 1.60. The molecule has 0 bridgehead atoms. The molecule has 0 aromatic heterocycles. The molecule has 0 unspecified atom stereocenters. The number of hydrogen-bond donors (Lipinski definition) is 1. The molecule has 0 aliphatic heterocycles. The SMILES string of the molecule is COc1ccc(C2(C(=O)O)CC2)cc1OC1CCC1. The van der Waals surface area contributed by atoms with Crippen LogP contribution in [0, 0.1) is 0 Å². The van der Waals surface area contributed by atoms with Gasteiger partial charge in [0.05, 0.1) is 18.6 Å². The number of rotatable bonds is 5. The fourth-order valence-electron chi connectivity index (χ4n) is 2.49. The molecule has 1 aromatic carbocycles. The molecule has 2 aliphatic rings. The van der Waals surface area contributed by atoms with Crippen LogP contribution in [0.4, 0.5) is 0 Å². The molecular weight excluding hydrogens is 244 g/mol. The summed E-state index contributed by atoms with van der Waals surface area (Å²) in [4.78, 5) is 11.4. The average Bonchev–Trinajstić information content (AvgIpc) is 3.15. The van der Waals surface area contributed by atoms with Crippen molar-refractivity contribution in [2.75, 3.05) is 7.11 Å². The van der Waals surface area contributed by atoms with Crippen molar-refractivity contribution in [3.8, 4) is 11.5 Å². The summed E-state index contributed by atoms with van der Waals surface area (Å²) in [6.45, 7) is 0. The van der Waals surface area contributed by atoms with E-state index in [4.69, 9.17) is 9.47 Å². The number of carbonyl (C=O) groups is 1. The summed E-state index contributed by atoms with van der Waals surface area (Å²) < 4.78 is 11.2. The van der Waals surface area contributed by atoms with E-state index in [1.54, 1.807) is 7.11 Å². The number of carboxylic acids is 1. The Hall–Kier alpha value is -1.71. The summed E-state index contributed by atoms with van der Waals surface area (Å²) in [6.07, 6.45) is 5.00. The highest BCUT2D eigenvalue weighted by molar-refractivity contribution is 5.85. The Morgan fingerprint density at radius 3 is 2.53 bits per heavy atom. The second-order valence-electron chi connectivity index (χ2n) is 5.42. The normalized spacial score (nSPS) is 20.5. The number of ether oxygens (including phenoxy) is 2. The van der Waals surface area contributed by atoms with E-state index in [1.807, 2.05) is 18.2 Å². The van der Waals surface area contributed by atoms with Crippen LogP contribution in [0.2, 0.25) is 0 Å². The molecule has 0 heterocycles. The third kappa shape index (κ3) is 2.05. The van der Waals surface area contributed by atoms with Crippen LogP contribution in [0.3, 0.4) is 0 Å². The smallest absolute Gasteiger partial charge is 0.314 e. The van der Waals surface area contributed by atoms with E-state index < -0.39 is 11.4 Å². The van der Waals surface area contributed by atoms with E-state index in [2.05, 4.69) is 0 Å². The van der Waals surface area contributed by atoms with Gasteiger partial charge in [-0.25, -0.2) is 0 Å². The first kappa shape index (κ1) is 12.3. The second-order valence-corrected chi connectivity index (χ2v) is 5.42. The van der Waals surface area contributed by atoms with Crippen molar-refractivity contribution in [2.45, 2.75) is 43.6 Å². The van der Waals surface area contributed by atoms with E-state index in [1.165, 1.54) is 6.42 Å². The first-order valence-electron chi connectivity index (χ1n) is 6.74. The van der Waals surface area contributed by atoms with Gasteiger partial charge in [-0.15, -0.1) is 0 Å². The van der Waals surface area contributed by atoms with Gasteiger partial charge in [0, 0.05) is 0 Å². The fourth-order valence-corrected chi connectivity index (χ4v) is 2.49. The monoisotopic (exact) mass is 262 g/mol. The maximum atomic E-state index is 11.4. The zero-order chi connectivity index (χ0) is 13.5. The summed E-state index contributed by atoms with van der Waals surface area (Å²) in [5, 5.41) is 9.34. The van der Waals surface area contributed by atoms with Crippen molar-refractivity contribution < 1.29 is 19.4 Å². The maximum absolute atomic E-state index is 11.4. The molecule has 0 saturated heterocycles. The van der Waals surface area contributed by atoms with Crippen LogP contribution in [-0.4, -0.2) is 24.3 Å².